The quantitative estimate of drug-likeness (QED) is 0.0957. The fourth-order valence-corrected chi connectivity index (χ4v) is 4.57. The molecule has 1 fully saturated rings. The Morgan fingerprint density at radius 1 is 1.07 bits per heavy atom. The lowest BCUT2D eigenvalue weighted by molar-refractivity contribution is -0.137. The third-order valence-electron chi connectivity index (χ3n) is 6.78. The van der Waals surface area contributed by atoms with Crippen molar-refractivity contribution in [1.29, 1.82) is 0 Å². The van der Waals surface area contributed by atoms with Gasteiger partial charge in [0, 0.05) is 30.9 Å². The molecule has 0 aliphatic carbocycles. The maximum atomic E-state index is 13.1. The van der Waals surface area contributed by atoms with Crippen molar-refractivity contribution in [3.63, 3.8) is 0 Å². The van der Waals surface area contributed by atoms with Crippen LogP contribution in [0.15, 0.2) is 12.5 Å². The highest BCUT2D eigenvalue weighted by Gasteiger charge is 2.33. The van der Waals surface area contributed by atoms with Crippen LogP contribution in [0.5, 0.6) is 0 Å². The van der Waals surface area contributed by atoms with Crippen molar-refractivity contribution in [2.24, 2.45) is 17.4 Å². The number of aliphatic hydroxyl groups excluding tert-OH is 1. The van der Waals surface area contributed by atoms with Crippen molar-refractivity contribution in [2.75, 3.05) is 19.7 Å². The first-order valence-corrected chi connectivity index (χ1v) is 13.9. The van der Waals surface area contributed by atoms with Gasteiger partial charge in [-0.25, -0.2) is 4.98 Å². The first-order chi connectivity index (χ1) is 19.8. The fourth-order valence-electron chi connectivity index (χ4n) is 4.57. The summed E-state index contributed by atoms with van der Waals surface area (Å²) in [5, 5.41) is 19.2. The topological polar surface area (TPSA) is 255 Å². The average molecular weight is 594 g/mol. The van der Waals surface area contributed by atoms with Crippen molar-refractivity contribution in [3.05, 3.63) is 18.2 Å². The third-order valence-corrected chi connectivity index (χ3v) is 6.78. The summed E-state index contributed by atoms with van der Waals surface area (Å²) in [6, 6.07) is -4.78. The second kappa shape index (κ2) is 16.4. The molecule has 2 heterocycles. The lowest BCUT2D eigenvalue weighted by Crippen LogP contribution is -2.58. The predicted molar refractivity (Wildman–Crippen MR) is 150 cm³/mol. The lowest BCUT2D eigenvalue weighted by Gasteiger charge is -2.28. The van der Waals surface area contributed by atoms with Gasteiger partial charge in [0.05, 0.1) is 31.9 Å². The molecule has 1 aliphatic rings. The van der Waals surface area contributed by atoms with E-state index in [9.17, 15) is 33.9 Å². The van der Waals surface area contributed by atoms with Gasteiger partial charge < -0.3 is 47.7 Å². The second-order valence-electron chi connectivity index (χ2n) is 10.9. The summed E-state index contributed by atoms with van der Waals surface area (Å²) >= 11 is 0. The van der Waals surface area contributed by atoms with E-state index in [0.717, 1.165) is 12.8 Å². The van der Waals surface area contributed by atoms with Gasteiger partial charge in [0.25, 0.3) is 0 Å². The number of carbonyl (C=O) groups excluding carboxylic acids is 6. The van der Waals surface area contributed by atoms with Crippen LogP contribution in [0.3, 0.4) is 0 Å². The van der Waals surface area contributed by atoms with Crippen LogP contribution in [-0.4, -0.2) is 105 Å². The molecule has 16 heteroatoms. The van der Waals surface area contributed by atoms with Crippen LogP contribution in [0, 0.1) is 5.92 Å². The van der Waals surface area contributed by atoms with E-state index < -0.39 is 73.3 Å². The maximum Gasteiger partial charge on any atom is 0.245 e. The Balaban J connectivity index is 1.96. The van der Waals surface area contributed by atoms with Crippen molar-refractivity contribution in [1.82, 2.24) is 36.1 Å². The number of H-pyrrole nitrogens is 1. The van der Waals surface area contributed by atoms with Crippen LogP contribution in [-0.2, 0) is 35.2 Å². The summed E-state index contributed by atoms with van der Waals surface area (Å²) < 4.78 is 0. The van der Waals surface area contributed by atoms with Crippen molar-refractivity contribution >= 4 is 35.4 Å². The molecular weight excluding hydrogens is 550 g/mol. The van der Waals surface area contributed by atoms with Crippen LogP contribution >= 0.6 is 0 Å². The number of hydrogen-bond acceptors (Lipinski definition) is 9. The Labute approximate surface area is 244 Å². The van der Waals surface area contributed by atoms with Crippen LogP contribution in [0.4, 0.5) is 0 Å². The largest absolute Gasteiger partial charge is 0.394 e. The average Bonchev–Trinajstić information content (AvgIpc) is 3.59. The Morgan fingerprint density at radius 3 is 2.31 bits per heavy atom. The number of rotatable bonds is 16. The zero-order valence-electron chi connectivity index (χ0n) is 24.2. The summed E-state index contributed by atoms with van der Waals surface area (Å²) in [5.41, 5.74) is 11.7. The van der Waals surface area contributed by atoms with E-state index >= 15 is 0 Å². The molecule has 0 saturated carbocycles. The first-order valence-electron chi connectivity index (χ1n) is 13.9. The maximum absolute atomic E-state index is 13.1. The molecule has 1 aromatic heterocycles. The SMILES string of the molecule is CC(C)C[C@H](NC(=O)CNC(=O)[C@H](CC(N)=O)NC(=O)[C@H](CO)NC(=O)[C@@H](N)Cc1cnc[nH]1)C(=O)N1CCC[C@H]1C. The molecule has 10 N–H and O–H groups in total. The molecule has 0 radical (unpaired) electrons. The van der Waals surface area contributed by atoms with Gasteiger partial charge in [-0.2, -0.15) is 0 Å². The molecule has 234 valence electrons. The first kappa shape index (κ1) is 34.2. The van der Waals surface area contributed by atoms with E-state index in [1.165, 1.54) is 12.5 Å². The summed E-state index contributed by atoms with van der Waals surface area (Å²) in [5.74, 6) is -4.27. The van der Waals surface area contributed by atoms with Crippen LogP contribution in [0.2, 0.25) is 0 Å². The van der Waals surface area contributed by atoms with Gasteiger partial charge in [-0.1, -0.05) is 13.8 Å². The molecule has 42 heavy (non-hydrogen) atoms. The number of aliphatic hydroxyl groups is 1. The molecule has 1 saturated heterocycles. The molecule has 5 atom stereocenters. The lowest BCUT2D eigenvalue weighted by atomic mass is 10.0. The van der Waals surface area contributed by atoms with E-state index in [-0.39, 0.29) is 24.3 Å². The van der Waals surface area contributed by atoms with Gasteiger partial charge in [-0.15, -0.1) is 0 Å². The number of aromatic nitrogens is 2. The summed E-state index contributed by atoms with van der Waals surface area (Å²) in [4.78, 5) is 83.7. The molecule has 0 bridgehead atoms. The predicted octanol–water partition coefficient (Wildman–Crippen LogP) is -3.23. The number of nitrogens with one attached hydrogen (secondary N) is 5. The van der Waals surface area contributed by atoms with Gasteiger partial charge in [-0.05, 0) is 32.1 Å². The monoisotopic (exact) mass is 593 g/mol. The van der Waals surface area contributed by atoms with Crippen LogP contribution < -0.4 is 32.7 Å². The summed E-state index contributed by atoms with van der Waals surface area (Å²) in [7, 11) is 0. The van der Waals surface area contributed by atoms with E-state index in [0.29, 0.717) is 18.7 Å². The Bertz CT molecular complexity index is 1100. The smallest absolute Gasteiger partial charge is 0.245 e. The fraction of sp³-hybridized carbons (Fsp3) is 0.654. The minimum atomic E-state index is -1.51. The standard InChI is InChI=1S/C26H43N9O7/c1-14(2)7-19(26(42)35-6-4-5-15(35)3)32-22(38)11-30-24(40)18(9-21(28)37)33-25(41)20(12-36)34-23(39)17(27)8-16-10-29-13-31-16/h10,13-15,17-20,36H,4-9,11-12,27H2,1-3H3,(H2,28,37)(H,29,31)(H,30,40)(H,32,38)(H,33,41)(H,34,39)/t15-,17+,18+,19+,20+/m1/s1. The van der Waals surface area contributed by atoms with Gasteiger partial charge in [0.15, 0.2) is 0 Å². The number of imidazole rings is 1. The highest BCUT2D eigenvalue weighted by Crippen LogP contribution is 2.19. The molecule has 0 aromatic carbocycles. The number of carbonyl (C=O) groups is 6. The number of nitrogens with two attached hydrogens (primary N) is 2. The van der Waals surface area contributed by atoms with Gasteiger partial charge in [0.1, 0.15) is 18.1 Å². The molecule has 6 amide bonds. The molecule has 16 nitrogen and oxygen atoms in total. The number of primary amides is 1. The zero-order chi connectivity index (χ0) is 31.4. The highest BCUT2D eigenvalue weighted by atomic mass is 16.3. The van der Waals surface area contributed by atoms with E-state index in [1.807, 2.05) is 20.8 Å². The van der Waals surface area contributed by atoms with Crippen LogP contribution in [0.25, 0.3) is 0 Å². The van der Waals surface area contributed by atoms with Gasteiger partial charge in [0.2, 0.25) is 35.4 Å². The Hall–Kier alpha value is -4.05. The van der Waals surface area contributed by atoms with E-state index in [4.69, 9.17) is 11.5 Å². The number of amides is 6. The molecule has 0 spiro atoms. The van der Waals surface area contributed by atoms with Crippen molar-refractivity contribution < 1.29 is 33.9 Å². The van der Waals surface area contributed by atoms with E-state index in [2.05, 4.69) is 31.2 Å². The molecule has 1 aliphatic heterocycles. The number of nitrogens with zero attached hydrogens (tertiary/aromatic N) is 2. The van der Waals surface area contributed by atoms with Gasteiger partial charge in [-0.3, -0.25) is 28.8 Å². The Kier molecular flexibility index (Phi) is 13.3. The molecule has 2 rings (SSSR count). The second-order valence-corrected chi connectivity index (χ2v) is 10.9. The molecule has 0 unspecified atom stereocenters. The third kappa shape index (κ3) is 10.7. The minimum Gasteiger partial charge on any atom is -0.394 e. The van der Waals surface area contributed by atoms with E-state index in [1.54, 1.807) is 4.90 Å². The molecular formula is C26H43N9O7. The normalized spacial score (nSPS) is 17.6. The van der Waals surface area contributed by atoms with Crippen molar-refractivity contribution in [2.45, 2.75) is 83.1 Å². The zero-order valence-corrected chi connectivity index (χ0v) is 24.2. The van der Waals surface area contributed by atoms with Crippen LogP contribution in [0.1, 0.15) is 52.1 Å². The van der Waals surface area contributed by atoms with Gasteiger partial charge >= 0.3 is 0 Å². The Morgan fingerprint density at radius 2 is 1.76 bits per heavy atom. The summed E-state index contributed by atoms with van der Waals surface area (Å²) in [6.45, 7) is 5.05. The number of likely N-dealkylation sites (tertiary alicyclic amines) is 1. The number of hydrogen-bond donors (Lipinski definition) is 8. The number of aromatic amines is 1. The van der Waals surface area contributed by atoms with Crippen molar-refractivity contribution in [3.8, 4) is 0 Å². The minimum absolute atomic E-state index is 0.0708. The summed E-state index contributed by atoms with van der Waals surface area (Å²) in [6.07, 6.45) is 4.53. The molecule has 1 aromatic rings. The highest BCUT2D eigenvalue weighted by molar-refractivity contribution is 5.96.